The van der Waals surface area contributed by atoms with Gasteiger partial charge in [0.2, 0.25) is 0 Å². The van der Waals surface area contributed by atoms with Crippen molar-refractivity contribution in [3.8, 4) is 22.6 Å². The topological polar surface area (TPSA) is 61.3 Å². The second kappa shape index (κ2) is 5.27. The predicted molar refractivity (Wildman–Crippen MR) is 66.0 cm³/mol. The first-order chi connectivity index (χ1) is 8.80. The highest BCUT2D eigenvalue weighted by molar-refractivity contribution is 5.85. The summed E-state index contributed by atoms with van der Waals surface area (Å²) in [5, 5.41) is 0. The van der Waals surface area contributed by atoms with Crippen LogP contribution in [0.3, 0.4) is 0 Å². The molecule has 0 saturated heterocycles. The summed E-state index contributed by atoms with van der Waals surface area (Å²) in [5.74, 6) is 0.925. The summed E-state index contributed by atoms with van der Waals surface area (Å²) in [5.41, 5.74) is 2.03. The van der Waals surface area contributed by atoms with Gasteiger partial charge in [-0.3, -0.25) is 4.79 Å². The van der Waals surface area contributed by atoms with Crippen LogP contribution in [0.2, 0.25) is 0 Å². The lowest BCUT2D eigenvalue weighted by Crippen LogP contribution is -1.96. The Morgan fingerprint density at radius 3 is 2.33 bits per heavy atom. The van der Waals surface area contributed by atoms with Gasteiger partial charge in [0.15, 0.2) is 17.8 Å². The van der Waals surface area contributed by atoms with E-state index in [0.29, 0.717) is 17.1 Å². The molecule has 5 heteroatoms. The van der Waals surface area contributed by atoms with Gasteiger partial charge in [0.1, 0.15) is 6.33 Å². The maximum absolute atomic E-state index is 11.1. The number of aromatic nitrogens is 2. The lowest BCUT2D eigenvalue weighted by atomic mass is 10.0. The number of hydrogen-bond acceptors (Lipinski definition) is 5. The Bertz CT molecular complexity index is 556. The van der Waals surface area contributed by atoms with Crippen LogP contribution in [0, 0.1) is 0 Å². The second-order valence-electron chi connectivity index (χ2n) is 3.55. The molecule has 5 nitrogen and oxygen atoms in total. The third-order valence-electron chi connectivity index (χ3n) is 2.53. The first kappa shape index (κ1) is 12.0. The Balaban J connectivity index is 2.60. The molecule has 0 aliphatic rings. The molecule has 0 aliphatic carbocycles. The molecule has 0 saturated carbocycles. The lowest BCUT2D eigenvalue weighted by Gasteiger charge is -2.11. The maximum Gasteiger partial charge on any atom is 0.171 e. The first-order valence-corrected chi connectivity index (χ1v) is 5.26. The number of nitrogens with zero attached hydrogens (tertiary/aromatic N) is 2. The number of carbonyl (C=O) groups excluding carboxylic acids is 1. The van der Waals surface area contributed by atoms with Gasteiger partial charge in [-0.25, -0.2) is 9.97 Å². The second-order valence-corrected chi connectivity index (χ2v) is 3.55. The third kappa shape index (κ3) is 2.15. The Hall–Kier alpha value is -2.43. The molecule has 1 heterocycles. The van der Waals surface area contributed by atoms with Gasteiger partial charge in [-0.05, 0) is 17.7 Å². The number of benzene rings is 1. The van der Waals surface area contributed by atoms with Crippen LogP contribution in [0.5, 0.6) is 11.5 Å². The average molecular weight is 244 g/mol. The fraction of sp³-hybridized carbons (Fsp3) is 0.154. The van der Waals surface area contributed by atoms with Crippen LogP contribution in [0.4, 0.5) is 0 Å². The number of hydrogen-bond donors (Lipinski definition) is 0. The Kier molecular flexibility index (Phi) is 3.52. The molecule has 2 rings (SSSR count). The van der Waals surface area contributed by atoms with Gasteiger partial charge in [0, 0.05) is 18.0 Å². The number of carbonyl (C=O) groups is 1. The van der Waals surface area contributed by atoms with Crippen LogP contribution >= 0.6 is 0 Å². The molecule has 18 heavy (non-hydrogen) atoms. The first-order valence-electron chi connectivity index (χ1n) is 5.26. The molecule has 0 bridgehead atoms. The molecule has 92 valence electrons. The van der Waals surface area contributed by atoms with Crippen molar-refractivity contribution in [2.45, 2.75) is 0 Å². The minimum atomic E-state index is 0.424. The summed E-state index contributed by atoms with van der Waals surface area (Å²) in [4.78, 5) is 19.0. The monoisotopic (exact) mass is 244 g/mol. The van der Waals surface area contributed by atoms with Crippen molar-refractivity contribution >= 4 is 6.29 Å². The maximum atomic E-state index is 11.1. The zero-order chi connectivity index (χ0) is 13.0. The summed E-state index contributed by atoms with van der Waals surface area (Å²) in [6.45, 7) is 0. The molecule has 0 amide bonds. The van der Waals surface area contributed by atoms with Gasteiger partial charge in [-0.1, -0.05) is 0 Å². The Labute approximate surface area is 104 Å². The van der Waals surface area contributed by atoms with Crippen LogP contribution in [0.1, 0.15) is 10.4 Å². The summed E-state index contributed by atoms with van der Waals surface area (Å²) in [6, 6.07) is 3.50. The van der Waals surface area contributed by atoms with E-state index in [1.165, 1.54) is 20.5 Å². The SMILES string of the molecule is COc1cc(-c2cncnc2)cc(C=O)c1OC. The van der Waals surface area contributed by atoms with Gasteiger partial charge in [0.05, 0.1) is 19.8 Å². The number of ether oxygens (including phenoxy) is 2. The fourth-order valence-electron chi connectivity index (χ4n) is 1.70. The molecule has 0 spiro atoms. The van der Waals surface area contributed by atoms with Gasteiger partial charge in [0.25, 0.3) is 0 Å². The summed E-state index contributed by atoms with van der Waals surface area (Å²) in [7, 11) is 3.02. The minimum absolute atomic E-state index is 0.424. The van der Waals surface area contributed by atoms with Crippen molar-refractivity contribution in [3.05, 3.63) is 36.4 Å². The van der Waals surface area contributed by atoms with E-state index in [0.717, 1.165) is 17.4 Å². The summed E-state index contributed by atoms with van der Waals surface area (Å²) in [6.07, 6.45) is 5.52. The molecule has 1 aromatic carbocycles. The average Bonchev–Trinajstić information content (AvgIpc) is 2.46. The number of aldehydes is 1. The van der Waals surface area contributed by atoms with E-state index in [4.69, 9.17) is 9.47 Å². The van der Waals surface area contributed by atoms with E-state index in [1.807, 2.05) is 0 Å². The zero-order valence-corrected chi connectivity index (χ0v) is 10.1. The Morgan fingerprint density at radius 2 is 1.78 bits per heavy atom. The number of rotatable bonds is 4. The molecular weight excluding hydrogens is 232 g/mol. The van der Waals surface area contributed by atoms with Crippen molar-refractivity contribution in [2.75, 3.05) is 14.2 Å². The van der Waals surface area contributed by atoms with Crippen molar-refractivity contribution in [1.82, 2.24) is 9.97 Å². The summed E-state index contributed by atoms with van der Waals surface area (Å²) < 4.78 is 10.4. The van der Waals surface area contributed by atoms with E-state index in [2.05, 4.69) is 9.97 Å². The van der Waals surface area contributed by atoms with Crippen LogP contribution in [0.25, 0.3) is 11.1 Å². The molecule has 1 aromatic heterocycles. The zero-order valence-electron chi connectivity index (χ0n) is 10.1. The molecule has 0 N–H and O–H groups in total. The van der Waals surface area contributed by atoms with Gasteiger partial charge < -0.3 is 9.47 Å². The summed E-state index contributed by atoms with van der Waals surface area (Å²) >= 11 is 0. The molecule has 2 aromatic rings. The van der Waals surface area contributed by atoms with Crippen LogP contribution < -0.4 is 9.47 Å². The van der Waals surface area contributed by atoms with Crippen molar-refractivity contribution in [3.63, 3.8) is 0 Å². The fourth-order valence-corrected chi connectivity index (χ4v) is 1.70. The van der Waals surface area contributed by atoms with Gasteiger partial charge >= 0.3 is 0 Å². The van der Waals surface area contributed by atoms with Gasteiger partial charge in [-0.2, -0.15) is 0 Å². The van der Waals surface area contributed by atoms with Crippen LogP contribution in [0.15, 0.2) is 30.9 Å². The highest BCUT2D eigenvalue weighted by atomic mass is 16.5. The molecule has 0 radical (unpaired) electrons. The largest absolute Gasteiger partial charge is 0.493 e. The van der Waals surface area contributed by atoms with E-state index in [1.54, 1.807) is 24.5 Å². The van der Waals surface area contributed by atoms with Gasteiger partial charge in [-0.15, -0.1) is 0 Å². The molecule has 0 atom stereocenters. The quantitative estimate of drug-likeness (QED) is 0.769. The molecule has 0 fully saturated rings. The molecular formula is C13H12N2O3. The van der Waals surface area contributed by atoms with E-state index in [-0.39, 0.29) is 0 Å². The standard InChI is InChI=1S/C13H12N2O3/c1-17-12-4-9(11-5-14-8-15-6-11)3-10(7-16)13(12)18-2/h3-8H,1-2H3. The Morgan fingerprint density at radius 1 is 1.06 bits per heavy atom. The lowest BCUT2D eigenvalue weighted by molar-refractivity contribution is 0.112. The van der Waals surface area contributed by atoms with Crippen LogP contribution in [-0.4, -0.2) is 30.5 Å². The van der Waals surface area contributed by atoms with E-state index in [9.17, 15) is 4.79 Å². The predicted octanol–water partition coefficient (Wildman–Crippen LogP) is 1.97. The highest BCUT2D eigenvalue weighted by Crippen LogP contribution is 2.35. The smallest absolute Gasteiger partial charge is 0.171 e. The highest BCUT2D eigenvalue weighted by Gasteiger charge is 2.12. The van der Waals surface area contributed by atoms with Crippen molar-refractivity contribution < 1.29 is 14.3 Å². The van der Waals surface area contributed by atoms with E-state index < -0.39 is 0 Å². The number of methoxy groups -OCH3 is 2. The van der Waals surface area contributed by atoms with E-state index >= 15 is 0 Å². The third-order valence-corrected chi connectivity index (χ3v) is 2.53. The molecule has 0 aliphatic heterocycles. The molecule has 0 unspecified atom stereocenters. The van der Waals surface area contributed by atoms with Crippen LogP contribution in [-0.2, 0) is 0 Å². The van der Waals surface area contributed by atoms with Crippen molar-refractivity contribution in [2.24, 2.45) is 0 Å². The van der Waals surface area contributed by atoms with Crippen molar-refractivity contribution in [1.29, 1.82) is 0 Å². The normalized spacial score (nSPS) is 9.89. The minimum Gasteiger partial charge on any atom is -0.493 e.